The number of aryl methyl sites for hydroxylation is 1. The summed E-state index contributed by atoms with van der Waals surface area (Å²) in [5.74, 6) is 0.693. The van der Waals surface area contributed by atoms with Crippen LogP contribution >= 0.6 is 11.3 Å². The molecule has 0 aliphatic carbocycles. The third-order valence-corrected chi connectivity index (χ3v) is 4.56. The van der Waals surface area contributed by atoms with Crippen LogP contribution in [0.5, 0.6) is 0 Å². The van der Waals surface area contributed by atoms with Crippen LogP contribution in [0.2, 0.25) is 0 Å². The molecule has 1 unspecified atom stereocenters. The lowest BCUT2D eigenvalue weighted by Crippen LogP contribution is -2.42. The van der Waals surface area contributed by atoms with Crippen molar-refractivity contribution in [3.05, 3.63) is 16.1 Å². The van der Waals surface area contributed by atoms with E-state index in [1.165, 1.54) is 17.7 Å². The first kappa shape index (κ1) is 14.6. The first-order valence-corrected chi connectivity index (χ1v) is 7.31. The Labute approximate surface area is 109 Å². The molecule has 2 N–H and O–H groups in total. The topological polar surface area (TPSA) is 42.1 Å². The Hall–Kier alpha value is -0.450. The molecular weight excluding hydrogens is 230 g/mol. The zero-order valence-corrected chi connectivity index (χ0v) is 12.3. The van der Waals surface area contributed by atoms with E-state index < -0.39 is 0 Å². The van der Waals surface area contributed by atoms with Crippen LogP contribution in [0, 0.1) is 12.8 Å². The smallest absolute Gasteiger partial charge is 0.0798 e. The highest BCUT2D eigenvalue weighted by atomic mass is 32.1. The SMILES string of the molecule is CCC(CC)C(CN)N(C)Cc1scnc1C. The second-order valence-corrected chi connectivity index (χ2v) is 5.60. The van der Waals surface area contributed by atoms with Gasteiger partial charge in [-0.2, -0.15) is 0 Å². The molecular formula is C13H25N3S. The molecule has 0 fully saturated rings. The molecule has 1 atom stereocenters. The van der Waals surface area contributed by atoms with E-state index in [0.29, 0.717) is 12.0 Å². The molecule has 17 heavy (non-hydrogen) atoms. The van der Waals surface area contributed by atoms with Gasteiger partial charge in [0.25, 0.3) is 0 Å². The van der Waals surface area contributed by atoms with Crippen molar-refractivity contribution in [2.24, 2.45) is 11.7 Å². The summed E-state index contributed by atoms with van der Waals surface area (Å²) in [6, 6.07) is 0.478. The Morgan fingerprint density at radius 2 is 2.06 bits per heavy atom. The van der Waals surface area contributed by atoms with Crippen LogP contribution in [-0.4, -0.2) is 29.5 Å². The lowest BCUT2D eigenvalue weighted by molar-refractivity contribution is 0.166. The first-order valence-electron chi connectivity index (χ1n) is 6.43. The van der Waals surface area contributed by atoms with E-state index in [2.05, 4.69) is 37.7 Å². The van der Waals surface area contributed by atoms with Crippen molar-refractivity contribution in [2.75, 3.05) is 13.6 Å². The van der Waals surface area contributed by atoms with Crippen LogP contribution in [0.4, 0.5) is 0 Å². The summed E-state index contributed by atoms with van der Waals surface area (Å²) in [7, 11) is 2.18. The number of thiazole rings is 1. The fourth-order valence-corrected chi connectivity index (χ4v) is 3.23. The number of hydrogen-bond donors (Lipinski definition) is 1. The van der Waals surface area contributed by atoms with E-state index in [4.69, 9.17) is 5.73 Å². The molecule has 3 nitrogen and oxygen atoms in total. The molecule has 0 aliphatic rings. The molecule has 0 bridgehead atoms. The van der Waals surface area contributed by atoms with Crippen LogP contribution in [0.1, 0.15) is 37.3 Å². The number of hydrogen-bond acceptors (Lipinski definition) is 4. The highest BCUT2D eigenvalue weighted by Gasteiger charge is 2.22. The van der Waals surface area contributed by atoms with Gasteiger partial charge in [-0.25, -0.2) is 4.98 Å². The van der Waals surface area contributed by atoms with E-state index in [9.17, 15) is 0 Å². The maximum absolute atomic E-state index is 5.94. The summed E-state index contributed by atoms with van der Waals surface area (Å²) in [5, 5.41) is 0. The predicted molar refractivity (Wildman–Crippen MR) is 75.2 cm³/mol. The molecule has 0 saturated carbocycles. The van der Waals surface area contributed by atoms with Gasteiger partial charge < -0.3 is 5.73 Å². The van der Waals surface area contributed by atoms with Crippen molar-refractivity contribution in [1.82, 2.24) is 9.88 Å². The van der Waals surface area contributed by atoms with Crippen LogP contribution in [0.25, 0.3) is 0 Å². The Morgan fingerprint density at radius 1 is 1.41 bits per heavy atom. The summed E-state index contributed by atoms with van der Waals surface area (Å²) in [4.78, 5) is 8.05. The molecule has 0 aromatic carbocycles. The Bertz CT molecular complexity index is 320. The van der Waals surface area contributed by atoms with E-state index in [0.717, 1.165) is 18.8 Å². The third-order valence-electron chi connectivity index (χ3n) is 3.64. The molecule has 1 heterocycles. The second-order valence-electron chi connectivity index (χ2n) is 4.66. The van der Waals surface area contributed by atoms with Gasteiger partial charge in [0.1, 0.15) is 0 Å². The van der Waals surface area contributed by atoms with Gasteiger partial charge in [-0.05, 0) is 19.9 Å². The summed E-state index contributed by atoms with van der Waals surface area (Å²) >= 11 is 1.74. The van der Waals surface area contributed by atoms with E-state index in [1.54, 1.807) is 11.3 Å². The zero-order valence-electron chi connectivity index (χ0n) is 11.4. The van der Waals surface area contributed by atoms with E-state index in [-0.39, 0.29) is 0 Å². The van der Waals surface area contributed by atoms with Crippen molar-refractivity contribution in [1.29, 1.82) is 0 Å². The molecule has 1 aromatic heterocycles. The maximum atomic E-state index is 5.94. The van der Waals surface area contributed by atoms with Gasteiger partial charge in [-0.3, -0.25) is 4.90 Å². The normalized spacial score (nSPS) is 13.6. The molecule has 98 valence electrons. The van der Waals surface area contributed by atoms with Crippen molar-refractivity contribution in [3.8, 4) is 0 Å². The molecule has 1 rings (SSSR count). The van der Waals surface area contributed by atoms with Gasteiger partial charge in [0, 0.05) is 24.0 Å². The summed E-state index contributed by atoms with van der Waals surface area (Å²) < 4.78 is 0. The predicted octanol–water partition coefficient (Wildman–Crippen LogP) is 2.65. The van der Waals surface area contributed by atoms with Gasteiger partial charge in [0.2, 0.25) is 0 Å². The van der Waals surface area contributed by atoms with Gasteiger partial charge in [0.15, 0.2) is 0 Å². The molecule has 0 amide bonds. The maximum Gasteiger partial charge on any atom is 0.0798 e. The van der Waals surface area contributed by atoms with Crippen molar-refractivity contribution >= 4 is 11.3 Å². The Kier molecular flexibility index (Phi) is 6.09. The lowest BCUT2D eigenvalue weighted by atomic mass is 9.93. The minimum atomic E-state index is 0.478. The molecule has 1 aromatic rings. The van der Waals surface area contributed by atoms with Gasteiger partial charge in [-0.15, -0.1) is 11.3 Å². The van der Waals surface area contributed by atoms with Crippen molar-refractivity contribution in [3.63, 3.8) is 0 Å². The number of nitrogens with two attached hydrogens (primary N) is 1. The standard InChI is InChI=1S/C13H25N3S/c1-5-11(6-2)12(7-14)16(4)8-13-10(3)15-9-17-13/h9,11-12H,5-8,14H2,1-4H3. The van der Waals surface area contributed by atoms with Gasteiger partial charge in [-0.1, -0.05) is 26.7 Å². The largest absolute Gasteiger partial charge is 0.329 e. The molecule has 0 radical (unpaired) electrons. The monoisotopic (exact) mass is 255 g/mol. The lowest BCUT2D eigenvalue weighted by Gasteiger charge is -2.32. The second kappa shape index (κ2) is 7.09. The number of aromatic nitrogens is 1. The number of rotatable bonds is 7. The quantitative estimate of drug-likeness (QED) is 0.814. The fourth-order valence-electron chi connectivity index (χ4n) is 2.39. The van der Waals surface area contributed by atoms with Crippen molar-refractivity contribution < 1.29 is 0 Å². The zero-order chi connectivity index (χ0) is 12.8. The Balaban J connectivity index is 2.66. The van der Waals surface area contributed by atoms with Crippen LogP contribution in [0.15, 0.2) is 5.51 Å². The average molecular weight is 255 g/mol. The summed E-state index contributed by atoms with van der Waals surface area (Å²) in [5.41, 5.74) is 9.02. The molecule has 0 saturated heterocycles. The number of likely N-dealkylation sites (N-methyl/N-ethyl adjacent to an activating group) is 1. The van der Waals surface area contributed by atoms with E-state index >= 15 is 0 Å². The van der Waals surface area contributed by atoms with Gasteiger partial charge in [0.05, 0.1) is 11.2 Å². The fraction of sp³-hybridized carbons (Fsp3) is 0.769. The van der Waals surface area contributed by atoms with E-state index in [1.807, 2.05) is 5.51 Å². The molecule has 0 aliphatic heterocycles. The average Bonchev–Trinajstić information content (AvgIpc) is 2.71. The first-order chi connectivity index (χ1) is 8.13. The third kappa shape index (κ3) is 3.76. The minimum Gasteiger partial charge on any atom is -0.329 e. The summed E-state index contributed by atoms with van der Waals surface area (Å²) in [6.45, 7) is 8.29. The van der Waals surface area contributed by atoms with Crippen LogP contribution in [-0.2, 0) is 6.54 Å². The minimum absolute atomic E-state index is 0.478. The highest BCUT2D eigenvalue weighted by Crippen LogP contribution is 2.21. The van der Waals surface area contributed by atoms with Crippen LogP contribution in [0.3, 0.4) is 0 Å². The summed E-state index contributed by atoms with van der Waals surface area (Å²) in [6.07, 6.45) is 2.40. The molecule has 4 heteroatoms. The van der Waals surface area contributed by atoms with Crippen molar-refractivity contribution in [2.45, 2.75) is 46.2 Å². The van der Waals surface area contributed by atoms with Crippen LogP contribution < -0.4 is 5.73 Å². The van der Waals surface area contributed by atoms with Gasteiger partial charge >= 0.3 is 0 Å². The number of nitrogens with zero attached hydrogens (tertiary/aromatic N) is 2. The highest BCUT2D eigenvalue weighted by molar-refractivity contribution is 7.09. The molecule has 0 spiro atoms. The Morgan fingerprint density at radius 3 is 2.47 bits per heavy atom.